The molecule has 4 heteroatoms. The van der Waals surface area contributed by atoms with Gasteiger partial charge in [0.25, 0.3) is 0 Å². The largest absolute Gasteiger partial charge is 0.399 e. The van der Waals surface area contributed by atoms with Crippen molar-refractivity contribution in [1.29, 1.82) is 5.26 Å². The highest BCUT2D eigenvalue weighted by atomic mass is 79.9. The first kappa shape index (κ1) is 12.5. The van der Waals surface area contributed by atoms with Gasteiger partial charge in [0.05, 0.1) is 17.3 Å². The number of hydrogen-bond donors (Lipinski definition) is 1. The quantitative estimate of drug-likeness (QED) is 0.861. The second kappa shape index (κ2) is 5.11. The predicted octanol–water partition coefficient (Wildman–Crippen LogP) is 3.67. The lowest BCUT2D eigenvalue weighted by molar-refractivity contribution is 1.20. The lowest BCUT2D eigenvalue weighted by Crippen LogP contribution is -2.10. The number of hydrogen-bond acceptors (Lipinski definition) is 3. The maximum atomic E-state index is 8.91. The van der Waals surface area contributed by atoms with Crippen LogP contribution in [0.25, 0.3) is 0 Å². The molecule has 0 radical (unpaired) electrons. The fourth-order valence-electron chi connectivity index (χ4n) is 1.72. The maximum Gasteiger partial charge on any atom is 0.0992 e. The molecule has 0 heterocycles. The summed E-state index contributed by atoms with van der Waals surface area (Å²) in [6, 6.07) is 15.3. The van der Waals surface area contributed by atoms with Gasteiger partial charge < -0.3 is 10.6 Å². The molecular weight excluding hydrogens is 290 g/mol. The van der Waals surface area contributed by atoms with Crippen LogP contribution in [0.3, 0.4) is 0 Å². The Morgan fingerprint density at radius 1 is 1.22 bits per heavy atom. The van der Waals surface area contributed by atoms with E-state index < -0.39 is 0 Å². The van der Waals surface area contributed by atoms with Crippen LogP contribution in [-0.4, -0.2) is 7.05 Å². The Hall–Kier alpha value is -1.99. The molecule has 0 unspecified atom stereocenters. The molecular formula is C14H12BrN3. The molecule has 0 atom stereocenters. The van der Waals surface area contributed by atoms with Gasteiger partial charge in [0.2, 0.25) is 0 Å². The van der Waals surface area contributed by atoms with Crippen LogP contribution in [0.2, 0.25) is 0 Å². The lowest BCUT2D eigenvalue weighted by Gasteiger charge is -2.21. The van der Waals surface area contributed by atoms with Crippen molar-refractivity contribution < 1.29 is 0 Å². The SMILES string of the molecule is CN(c1cccc(C#N)c1)c1ccc(N)cc1Br. The first-order valence-electron chi connectivity index (χ1n) is 5.41. The third-order valence-corrected chi connectivity index (χ3v) is 3.33. The molecule has 0 aliphatic heterocycles. The monoisotopic (exact) mass is 301 g/mol. The summed E-state index contributed by atoms with van der Waals surface area (Å²) in [6.07, 6.45) is 0. The van der Waals surface area contributed by atoms with Crippen molar-refractivity contribution in [2.75, 3.05) is 17.7 Å². The summed E-state index contributed by atoms with van der Waals surface area (Å²) in [5.74, 6) is 0. The smallest absolute Gasteiger partial charge is 0.0992 e. The Morgan fingerprint density at radius 3 is 2.67 bits per heavy atom. The van der Waals surface area contributed by atoms with Crippen LogP contribution in [0.4, 0.5) is 17.1 Å². The first-order valence-corrected chi connectivity index (χ1v) is 6.20. The van der Waals surface area contributed by atoms with Gasteiger partial charge in [-0.1, -0.05) is 6.07 Å². The number of nitrogens with zero attached hydrogens (tertiary/aromatic N) is 2. The molecule has 0 amide bonds. The fourth-order valence-corrected chi connectivity index (χ4v) is 2.38. The van der Waals surface area contributed by atoms with Crippen molar-refractivity contribution in [3.63, 3.8) is 0 Å². The molecule has 0 aliphatic carbocycles. The van der Waals surface area contributed by atoms with E-state index in [2.05, 4.69) is 22.0 Å². The van der Waals surface area contributed by atoms with E-state index >= 15 is 0 Å². The topological polar surface area (TPSA) is 53.0 Å². The molecule has 3 nitrogen and oxygen atoms in total. The van der Waals surface area contributed by atoms with E-state index in [1.54, 1.807) is 6.07 Å². The van der Waals surface area contributed by atoms with Crippen molar-refractivity contribution in [1.82, 2.24) is 0 Å². The van der Waals surface area contributed by atoms with Crippen LogP contribution in [0.1, 0.15) is 5.56 Å². The Kier molecular flexibility index (Phi) is 3.54. The van der Waals surface area contributed by atoms with Gasteiger partial charge in [0, 0.05) is 22.9 Å². The van der Waals surface area contributed by atoms with Gasteiger partial charge in [-0.25, -0.2) is 0 Å². The summed E-state index contributed by atoms with van der Waals surface area (Å²) in [5.41, 5.74) is 9.03. The zero-order chi connectivity index (χ0) is 13.1. The lowest BCUT2D eigenvalue weighted by atomic mass is 10.2. The summed E-state index contributed by atoms with van der Waals surface area (Å²) in [4.78, 5) is 2.00. The standard InChI is InChI=1S/C14H12BrN3/c1-18(12-4-2-3-10(7-12)9-16)14-6-5-11(17)8-13(14)15/h2-8H,17H2,1H3. The van der Waals surface area contributed by atoms with Crippen molar-refractivity contribution in [3.05, 3.63) is 52.5 Å². The molecule has 0 fully saturated rings. The van der Waals surface area contributed by atoms with Gasteiger partial charge in [-0.15, -0.1) is 0 Å². The van der Waals surface area contributed by atoms with Crippen LogP contribution < -0.4 is 10.6 Å². The Bertz CT molecular complexity index is 617. The predicted molar refractivity (Wildman–Crippen MR) is 77.8 cm³/mol. The van der Waals surface area contributed by atoms with E-state index in [1.807, 2.05) is 48.3 Å². The molecule has 2 aromatic rings. The highest BCUT2D eigenvalue weighted by molar-refractivity contribution is 9.10. The number of halogens is 1. The van der Waals surface area contributed by atoms with Gasteiger partial charge in [-0.2, -0.15) is 5.26 Å². The van der Waals surface area contributed by atoms with Crippen LogP contribution in [-0.2, 0) is 0 Å². The highest BCUT2D eigenvalue weighted by Gasteiger charge is 2.08. The van der Waals surface area contributed by atoms with E-state index in [0.717, 1.165) is 15.8 Å². The van der Waals surface area contributed by atoms with E-state index in [-0.39, 0.29) is 0 Å². The Morgan fingerprint density at radius 2 is 2.00 bits per heavy atom. The van der Waals surface area contributed by atoms with Crippen molar-refractivity contribution in [2.45, 2.75) is 0 Å². The number of rotatable bonds is 2. The molecule has 2 N–H and O–H groups in total. The summed E-state index contributed by atoms with van der Waals surface area (Å²) in [6.45, 7) is 0. The molecule has 90 valence electrons. The van der Waals surface area contributed by atoms with Crippen molar-refractivity contribution in [2.24, 2.45) is 0 Å². The molecule has 0 aromatic heterocycles. The third kappa shape index (κ3) is 2.47. The minimum absolute atomic E-state index is 0.644. The van der Waals surface area contributed by atoms with Crippen molar-refractivity contribution >= 4 is 33.0 Å². The average molecular weight is 302 g/mol. The number of nitrogens with two attached hydrogens (primary N) is 1. The number of benzene rings is 2. The van der Waals surface area contributed by atoms with Gasteiger partial charge in [0.1, 0.15) is 0 Å². The molecule has 2 aromatic carbocycles. The molecule has 0 bridgehead atoms. The van der Waals surface area contributed by atoms with Gasteiger partial charge >= 0.3 is 0 Å². The maximum absolute atomic E-state index is 8.91. The normalized spacial score (nSPS) is 9.83. The van der Waals surface area contributed by atoms with E-state index in [4.69, 9.17) is 11.0 Å². The first-order chi connectivity index (χ1) is 8.61. The second-order valence-electron chi connectivity index (χ2n) is 3.93. The Labute approximate surface area is 115 Å². The molecule has 0 saturated carbocycles. The molecule has 0 spiro atoms. The molecule has 18 heavy (non-hydrogen) atoms. The van der Waals surface area contributed by atoms with Gasteiger partial charge in [-0.05, 0) is 52.3 Å². The summed E-state index contributed by atoms with van der Waals surface area (Å²) in [7, 11) is 1.95. The number of anilines is 3. The fraction of sp³-hybridized carbons (Fsp3) is 0.0714. The molecule has 0 aliphatic rings. The summed E-state index contributed by atoms with van der Waals surface area (Å²) < 4.78 is 0.923. The minimum Gasteiger partial charge on any atom is -0.399 e. The second-order valence-corrected chi connectivity index (χ2v) is 4.79. The van der Waals surface area contributed by atoms with Crippen LogP contribution in [0.15, 0.2) is 46.9 Å². The zero-order valence-corrected chi connectivity index (χ0v) is 11.5. The van der Waals surface area contributed by atoms with Crippen molar-refractivity contribution in [3.8, 4) is 6.07 Å². The average Bonchev–Trinajstić information content (AvgIpc) is 2.38. The van der Waals surface area contributed by atoms with Gasteiger partial charge in [-0.3, -0.25) is 0 Å². The van der Waals surface area contributed by atoms with Crippen LogP contribution in [0, 0.1) is 11.3 Å². The summed E-state index contributed by atoms with van der Waals surface area (Å²) >= 11 is 3.49. The highest BCUT2D eigenvalue weighted by Crippen LogP contribution is 2.32. The van der Waals surface area contributed by atoms with E-state index in [9.17, 15) is 0 Å². The number of nitrogen functional groups attached to an aromatic ring is 1. The van der Waals surface area contributed by atoms with Crippen LogP contribution in [0.5, 0.6) is 0 Å². The third-order valence-electron chi connectivity index (χ3n) is 2.70. The minimum atomic E-state index is 0.644. The van der Waals surface area contributed by atoms with E-state index in [1.165, 1.54) is 0 Å². The molecule has 2 rings (SSSR count). The Balaban J connectivity index is 2.41. The van der Waals surface area contributed by atoms with Crippen LogP contribution >= 0.6 is 15.9 Å². The number of nitriles is 1. The van der Waals surface area contributed by atoms with E-state index in [0.29, 0.717) is 11.3 Å². The molecule has 0 saturated heterocycles. The summed E-state index contributed by atoms with van der Waals surface area (Å²) in [5, 5.41) is 8.91. The zero-order valence-electron chi connectivity index (χ0n) is 9.89. The van der Waals surface area contributed by atoms with Gasteiger partial charge in [0.15, 0.2) is 0 Å².